The molecule has 1 aromatic carbocycles. The predicted octanol–water partition coefficient (Wildman–Crippen LogP) is 1.92. The summed E-state index contributed by atoms with van der Waals surface area (Å²) in [6, 6.07) is 6.02. The van der Waals surface area contributed by atoms with Crippen LogP contribution in [0, 0.1) is 0 Å². The van der Waals surface area contributed by atoms with Crippen molar-refractivity contribution in [3.05, 3.63) is 23.8 Å². The summed E-state index contributed by atoms with van der Waals surface area (Å²) in [6.45, 7) is 7.44. The molecule has 0 spiro atoms. The van der Waals surface area contributed by atoms with Crippen molar-refractivity contribution in [3.8, 4) is 11.5 Å². The SMILES string of the molecule is COc1ccc(C(C)=NCCC[Si]23OCCN(CCO2)CCO3)c(O)c1. The quantitative estimate of drug-likeness (QED) is 0.462. The molecule has 0 unspecified atom stereocenters. The Morgan fingerprint density at radius 3 is 2.42 bits per heavy atom. The number of phenols is 1. The van der Waals surface area contributed by atoms with Crippen molar-refractivity contribution in [2.24, 2.45) is 4.99 Å². The summed E-state index contributed by atoms with van der Waals surface area (Å²) >= 11 is 0. The van der Waals surface area contributed by atoms with Crippen molar-refractivity contribution in [1.82, 2.24) is 4.90 Å². The van der Waals surface area contributed by atoms with Gasteiger partial charge in [0.15, 0.2) is 0 Å². The summed E-state index contributed by atoms with van der Waals surface area (Å²) in [5.74, 6) is 0.806. The smallest absolute Gasteiger partial charge is 0.501 e. The number of phenolic OH excluding ortho intramolecular Hbond substituents is 1. The number of aliphatic imine (C=N–C) groups is 1. The number of ether oxygens (including phenoxy) is 1. The average molecular weight is 381 g/mol. The van der Waals surface area contributed by atoms with Gasteiger partial charge in [0.25, 0.3) is 0 Å². The summed E-state index contributed by atoms with van der Waals surface area (Å²) < 4.78 is 23.2. The number of hydrogen-bond acceptors (Lipinski definition) is 7. The van der Waals surface area contributed by atoms with Crippen LogP contribution in [0.1, 0.15) is 18.9 Å². The highest BCUT2D eigenvalue weighted by atomic mass is 28.4. The van der Waals surface area contributed by atoms with E-state index in [0.717, 1.165) is 43.4 Å². The second-order valence-corrected chi connectivity index (χ2v) is 9.26. The van der Waals surface area contributed by atoms with Crippen LogP contribution in [0.15, 0.2) is 23.2 Å². The first-order valence-electron chi connectivity index (χ1n) is 9.14. The van der Waals surface area contributed by atoms with Crippen molar-refractivity contribution in [2.75, 3.05) is 53.1 Å². The van der Waals surface area contributed by atoms with E-state index in [0.29, 0.717) is 32.1 Å². The van der Waals surface area contributed by atoms with Crippen molar-refractivity contribution in [1.29, 1.82) is 0 Å². The van der Waals surface area contributed by atoms with Gasteiger partial charge in [0.2, 0.25) is 0 Å². The Morgan fingerprint density at radius 1 is 1.19 bits per heavy atom. The van der Waals surface area contributed by atoms with E-state index in [9.17, 15) is 5.11 Å². The maximum absolute atomic E-state index is 10.1. The molecule has 3 fully saturated rings. The fourth-order valence-electron chi connectivity index (χ4n) is 3.24. The topological polar surface area (TPSA) is 72.8 Å². The molecule has 144 valence electrons. The molecule has 26 heavy (non-hydrogen) atoms. The highest BCUT2D eigenvalue weighted by Gasteiger charge is 2.43. The van der Waals surface area contributed by atoms with Gasteiger partial charge in [-0.3, -0.25) is 9.89 Å². The van der Waals surface area contributed by atoms with Gasteiger partial charge >= 0.3 is 8.80 Å². The molecule has 1 aromatic rings. The Morgan fingerprint density at radius 2 is 1.85 bits per heavy atom. The Bertz CT molecular complexity index is 613. The molecule has 0 amide bonds. The van der Waals surface area contributed by atoms with Gasteiger partial charge < -0.3 is 23.1 Å². The molecule has 3 aliphatic rings. The van der Waals surface area contributed by atoms with Crippen LogP contribution in [0.25, 0.3) is 0 Å². The third-order valence-electron chi connectivity index (χ3n) is 4.77. The van der Waals surface area contributed by atoms with Gasteiger partial charge in [-0.05, 0) is 25.5 Å². The number of benzene rings is 1. The van der Waals surface area contributed by atoms with Crippen molar-refractivity contribution >= 4 is 14.5 Å². The lowest BCUT2D eigenvalue weighted by molar-refractivity contribution is -0.00841. The summed E-state index contributed by atoms with van der Waals surface area (Å²) in [4.78, 5) is 6.91. The van der Waals surface area contributed by atoms with E-state index in [-0.39, 0.29) is 5.75 Å². The second kappa shape index (κ2) is 8.96. The molecular formula is C18H28N2O5Si. The van der Waals surface area contributed by atoms with E-state index in [2.05, 4.69) is 9.89 Å². The number of methoxy groups -OCH3 is 1. The fourth-order valence-corrected chi connectivity index (χ4v) is 5.72. The minimum absolute atomic E-state index is 0.179. The molecule has 0 aliphatic carbocycles. The van der Waals surface area contributed by atoms with E-state index in [1.165, 1.54) is 0 Å². The summed E-state index contributed by atoms with van der Waals surface area (Å²) in [7, 11) is -0.987. The molecule has 7 nitrogen and oxygen atoms in total. The summed E-state index contributed by atoms with van der Waals surface area (Å²) in [5, 5.41) is 10.1. The van der Waals surface area contributed by atoms with E-state index >= 15 is 0 Å². The van der Waals surface area contributed by atoms with Gasteiger partial charge in [-0.1, -0.05) is 0 Å². The Balaban J connectivity index is 1.55. The van der Waals surface area contributed by atoms with Gasteiger partial charge in [-0.25, -0.2) is 0 Å². The number of fused-ring (bicyclic) bond motifs is 6. The molecule has 4 rings (SSSR count). The first kappa shape index (κ1) is 19.3. The fraction of sp³-hybridized carbons (Fsp3) is 0.611. The normalized spacial score (nSPS) is 26.8. The van der Waals surface area contributed by atoms with Gasteiger partial charge in [0.05, 0.1) is 26.9 Å². The number of hydrogen-bond donors (Lipinski definition) is 1. The molecule has 0 aromatic heterocycles. The lowest BCUT2D eigenvalue weighted by Crippen LogP contribution is -2.55. The molecule has 3 heterocycles. The predicted molar refractivity (Wildman–Crippen MR) is 101 cm³/mol. The van der Waals surface area contributed by atoms with Gasteiger partial charge in [-0.15, -0.1) is 0 Å². The molecule has 8 heteroatoms. The van der Waals surface area contributed by atoms with Gasteiger partial charge in [-0.2, -0.15) is 0 Å². The Hall–Kier alpha value is -1.45. The van der Waals surface area contributed by atoms with E-state index < -0.39 is 8.80 Å². The second-order valence-electron chi connectivity index (χ2n) is 6.52. The monoisotopic (exact) mass is 380 g/mol. The number of aromatic hydroxyl groups is 1. The Kier molecular flexibility index (Phi) is 6.66. The van der Waals surface area contributed by atoms with Crippen LogP contribution < -0.4 is 4.74 Å². The number of rotatable bonds is 6. The van der Waals surface area contributed by atoms with E-state index in [4.69, 9.17) is 18.0 Å². The summed E-state index contributed by atoms with van der Waals surface area (Å²) in [6.07, 6.45) is 0.837. The average Bonchev–Trinajstić information content (AvgIpc) is 2.58. The standard InChI is InChI=1S/C18H28N2O5Si/c1-15(17-5-4-16(22-2)14-18(17)21)19-6-3-13-26-23-10-7-20(8-11-24-26)9-12-25-26/h4-5,14,21H,3,6-13H2,1-2H3. The largest absolute Gasteiger partial charge is 0.507 e. The molecule has 3 saturated heterocycles. The lowest BCUT2D eigenvalue weighted by atomic mass is 10.1. The van der Waals surface area contributed by atoms with Crippen molar-refractivity contribution < 1.29 is 23.1 Å². The molecule has 0 saturated carbocycles. The van der Waals surface area contributed by atoms with Crippen LogP contribution in [0.3, 0.4) is 0 Å². The number of nitrogens with zero attached hydrogens (tertiary/aromatic N) is 2. The first-order valence-corrected chi connectivity index (χ1v) is 11.1. The highest BCUT2D eigenvalue weighted by Crippen LogP contribution is 2.25. The molecule has 0 atom stereocenters. The highest BCUT2D eigenvalue weighted by molar-refractivity contribution is 6.60. The van der Waals surface area contributed by atoms with E-state index in [1.54, 1.807) is 13.2 Å². The molecule has 2 bridgehead atoms. The zero-order valence-electron chi connectivity index (χ0n) is 15.6. The molecule has 3 aliphatic heterocycles. The van der Waals surface area contributed by atoms with Crippen LogP contribution in [-0.4, -0.2) is 77.6 Å². The van der Waals surface area contributed by atoms with Crippen LogP contribution in [0.2, 0.25) is 6.04 Å². The zero-order valence-corrected chi connectivity index (χ0v) is 16.6. The molecule has 1 N–H and O–H groups in total. The maximum atomic E-state index is 10.1. The van der Waals surface area contributed by atoms with Gasteiger partial charge in [0, 0.05) is 49.6 Å². The van der Waals surface area contributed by atoms with Crippen molar-refractivity contribution in [3.63, 3.8) is 0 Å². The molecule has 0 radical (unpaired) electrons. The Labute approximate surface area is 155 Å². The lowest BCUT2D eigenvalue weighted by Gasteiger charge is -2.38. The third-order valence-corrected chi connectivity index (χ3v) is 7.67. The maximum Gasteiger partial charge on any atom is 0.501 e. The minimum atomic E-state index is -2.56. The van der Waals surface area contributed by atoms with Gasteiger partial charge in [0.1, 0.15) is 11.5 Å². The first-order chi connectivity index (χ1) is 12.6. The van der Waals surface area contributed by atoms with Crippen LogP contribution in [-0.2, 0) is 13.3 Å². The van der Waals surface area contributed by atoms with Crippen LogP contribution >= 0.6 is 0 Å². The van der Waals surface area contributed by atoms with Crippen molar-refractivity contribution in [2.45, 2.75) is 19.4 Å². The van der Waals surface area contributed by atoms with E-state index in [1.807, 2.05) is 19.1 Å². The summed E-state index contributed by atoms with van der Waals surface area (Å²) in [5.41, 5.74) is 1.53. The third kappa shape index (κ3) is 4.83. The van der Waals surface area contributed by atoms with Crippen LogP contribution in [0.4, 0.5) is 0 Å². The molecular weight excluding hydrogens is 352 g/mol. The van der Waals surface area contributed by atoms with Crippen LogP contribution in [0.5, 0.6) is 11.5 Å². The minimum Gasteiger partial charge on any atom is -0.507 e. The zero-order chi connectivity index (χ0) is 18.4.